The summed E-state index contributed by atoms with van der Waals surface area (Å²) in [5.74, 6) is 3.80. The summed E-state index contributed by atoms with van der Waals surface area (Å²) in [6.45, 7) is 0. The van der Waals surface area contributed by atoms with Crippen molar-refractivity contribution in [1.82, 2.24) is 5.43 Å². The van der Waals surface area contributed by atoms with E-state index in [1.54, 1.807) is 6.07 Å². The monoisotopic (exact) mass is 360 g/mol. The molecule has 2 aromatic rings. The number of rotatable bonds is 4. The molecule has 0 saturated carbocycles. The van der Waals surface area contributed by atoms with E-state index >= 15 is 0 Å². The van der Waals surface area contributed by atoms with Crippen LogP contribution in [0, 0.1) is 11.6 Å². The van der Waals surface area contributed by atoms with Crippen LogP contribution in [-0.4, -0.2) is 0 Å². The maximum absolute atomic E-state index is 13.2. The topological polar surface area (TPSA) is 38.0 Å². The fourth-order valence-electron chi connectivity index (χ4n) is 1.94. The number of nitrogens with two attached hydrogens (primary N) is 1. The van der Waals surface area contributed by atoms with Crippen molar-refractivity contribution in [2.45, 2.75) is 12.5 Å². The van der Waals surface area contributed by atoms with Gasteiger partial charge in [-0.05, 0) is 47.9 Å². The first-order chi connectivity index (χ1) is 9.51. The molecular weight excluding hydrogens is 350 g/mol. The van der Waals surface area contributed by atoms with Crippen molar-refractivity contribution in [2.24, 2.45) is 5.84 Å². The second kappa shape index (κ2) is 6.63. The van der Waals surface area contributed by atoms with Gasteiger partial charge in [0.2, 0.25) is 0 Å². The van der Waals surface area contributed by atoms with Crippen LogP contribution >= 0.6 is 27.5 Å². The van der Waals surface area contributed by atoms with Gasteiger partial charge >= 0.3 is 0 Å². The molecule has 0 bridgehead atoms. The molecule has 3 N–H and O–H groups in total. The molecule has 0 spiro atoms. The minimum atomic E-state index is -0.876. The van der Waals surface area contributed by atoms with Gasteiger partial charge in [0.1, 0.15) is 0 Å². The van der Waals surface area contributed by atoms with E-state index in [2.05, 4.69) is 21.4 Å². The third kappa shape index (κ3) is 3.55. The van der Waals surface area contributed by atoms with Crippen LogP contribution in [0.2, 0.25) is 5.02 Å². The molecule has 0 amide bonds. The summed E-state index contributed by atoms with van der Waals surface area (Å²) < 4.78 is 27.0. The molecule has 1 atom stereocenters. The number of halogens is 4. The zero-order valence-electron chi connectivity index (χ0n) is 10.3. The van der Waals surface area contributed by atoms with Crippen molar-refractivity contribution >= 4 is 27.5 Å². The molecule has 2 aromatic carbocycles. The van der Waals surface area contributed by atoms with Crippen LogP contribution in [0.4, 0.5) is 8.78 Å². The van der Waals surface area contributed by atoms with Gasteiger partial charge < -0.3 is 0 Å². The molecule has 0 aliphatic rings. The van der Waals surface area contributed by atoms with Gasteiger partial charge in [-0.25, -0.2) is 8.78 Å². The van der Waals surface area contributed by atoms with E-state index in [1.165, 1.54) is 6.07 Å². The Kier molecular flexibility index (Phi) is 5.10. The van der Waals surface area contributed by atoms with E-state index in [9.17, 15) is 8.78 Å². The smallest absolute Gasteiger partial charge is 0.159 e. The highest BCUT2D eigenvalue weighted by molar-refractivity contribution is 9.10. The summed E-state index contributed by atoms with van der Waals surface area (Å²) in [4.78, 5) is 0. The first-order valence-electron chi connectivity index (χ1n) is 5.86. The maximum Gasteiger partial charge on any atom is 0.159 e. The fourth-order valence-corrected chi connectivity index (χ4v) is 2.57. The summed E-state index contributed by atoms with van der Waals surface area (Å²) in [5, 5.41) is 0.554. The van der Waals surface area contributed by atoms with Crippen LogP contribution in [0.1, 0.15) is 17.2 Å². The molecular formula is C14H12BrClF2N2. The standard InChI is InChI=1S/C14H12BrClF2N2/c15-9-2-3-11(16)10(7-9)14(20-19)6-8-1-4-12(17)13(18)5-8/h1-5,7,14,20H,6,19H2. The highest BCUT2D eigenvalue weighted by Crippen LogP contribution is 2.28. The second-order valence-electron chi connectivity index (χ2n) is 4.34. The van der Waals surface area contributed by atoms with Crippen LogP contribution in [0.15, 0.2) is 40.9 Å². The predicted octanol–water partition coefficient (Wildman–Crippen LogP) is 4.13. The summed E-state index contributed by atoms with van der Waals surface area (Å²) in [6.07, 6.45) is 0.393. The van der Waals surface area contributed by atoms with Gasteiger partial charge in [0.25, 0.3) is 0 Å². The molecule has 0 fully saturated rings. The van der Waals surface area contributed by atoms with Gasteiger partial charge in [-0.3, -0.25) is 11.3 Å². The van der Waals surface area contributed by atoms with Crippen molar-refractivity contribution in [1.29, 1.82) is 0 Å². The minimum absolute atomic E-state index is 0.301. The zero-order valence-corrected chi connectivity index (χ0v) is 12.7. The molecule has 0 heterocycles. The van der Waals surface area contributed by atoms with Crippen LogP contribution in [-0.2, 0) is 6.42 Å². The summed E-state index contributed by atoms with van der Waals surface area (Å²) >= 11 is 9.51. The fraction of sp³-hybridized carbons (Fsp3) is 0.143. The van der Waals surface area contributed by atoms with Crippen LogP contribution in [0.5, 0.6) is 0 Å². The molecule has 0 aliphatic carbocycles. The normalized spacial score (nSPS) is 12.4. The van der Waals surface area contributed by atoms with Gasteiger partial charge in [0.15, 0.2) is 11.6 Å². The first kappa shape index (κ1) is 15.4. The lowest BCUT2D eigenvalue weighted by Gasteiger charge is -2.18. The Bertz CT molecular complexity index is 622. The number of hydrogen-bond donors (Lipinski definition) is 2. The van der Waals surface area contributed by atoms with Crippen molar-refractivity contribution in [3.05, 3.63) is 68.7 Å². The first-order valence-corrected chi connectivity index (χ1v) is 7.03. The van der Waals surface area contributed by atoms with Crippen LogP contribution < -0.4 is 11.3 Å². The summed E-state index contributed by atoms with van der Waals surface area (Å²) in [6, 6.07) is 8.88. The summed E-state index contributed by atoms with van der Waals surface area (Å²) in [7, 11) is 0. The molecule has 1 unspecified atom stereocenters. The summed E-state index contributed by atoms with van der Waals surface area (Å²) in [5.41, 5.74) is 4.06. The average molecular weight is 362 g/mol. The Morgan fingerprint density at radius 1 is 1.15 bits per heavy atom. The Morgan fingerprint density at radius 3 is 2.55 bits per heavy atom. The second-order valence-corrected chi connectivity index (χ2v) is 5.66. The van der Waals surface area contributed by atoms with Crippen LogP contribution in [0.25, 0.3) is 0 Å². The molecule has 20 heavy (non-hydrogen) atoms. The molecule has 0 radical (unpaired) electrons. The predicted molar refractivity (Wildman–Crippen MR) is 79.3 cm³/mol. The zero-order chi connectivity index (χ0) is 14.7. The molecule has 0 saturated heterocycles. The van der Waals surface area contributed by atoms with Gasteiger partial charge in [-0.15, -0.1) is 0 Å². The van der Waals surface area contributed by atoms with Gasteiger partial charge in [0, 0.05) is 9.50 Å². The van der Waals surface area contributed by atoms with Crippen molar-refractivity contribution in [3.63, 3.8) is 0 Å². The van der Waals surface area contributed by atoms with Crippen molar-refractivity contribution in [2.75, 3.05) is 0 Å². The van der Waals surface area contributed by atoms with E-state index in [4.69, 9.17) is 17.4 Å². The molecule has 0 aliphatic heterocycles. The molecule has 2 nitrogen and oxygen atoms in total. The average Bonchev–Trinajstić information content (AvgIpc) is 2.43. The quantitative estimate of drug-likeness (QED) is 0.635. The van der Waals surface area contributed by atoms with E-state index in [0.29, 0.717) is 17.0 Å². The third-order valence-electron chi connectivity index (χ3n) is 2.96. The maximum atomic E-state index is 13.2. The van der Waals surface area contributed by atoms with E-state index < -0.39 is 11.6 Å². The SMILES string of the molecule is NNC(Cc1ccc(F)c(F)c1)c1cc(Br)ccc1Cl. The Labute approximate surface area is 129 Å². The minimum Gasteiger partial charge on any atom is -0.271 e. The molecule has 2 rings (SSSR count). The van der Waals surface area contributed by atoms with Crippen molar-refractivity contribution in [3.8, 4) is 0 Å². The van der Waals surface area contributed by atoms with Gasteiger partial charge in [0.05, 0.1) is 6.04 Å². The Morgan fingerprint density at radius 2 is 1.90 bits per heavy atom. The number of hydrogen-bond acceptors (Lipinski definition) is 2. The number of benzene rings is 2. The lowest BCUT2D eigenvalue weighted by atomic mass is 9.99. The molecule has 0 aromatic heterocycles. The Balaban J connectivity index is 2.28. The van der Waals surface area contributed by atoms with E-state index in [0.717, 1.165) is 22.2 Å². The largest absolute Gasteiger partial charge is 0.271 e. The van der Waals surface area contributed by atoms with E-state index in [-0.39, 0.29) is 6.04 Å². The Hall–Kier alpha value is -1.01. The lowest BCUT2D eigenvalue weighted by Crippen LogP contribution is -2.29. The highest BCUT2D eigenvalue weighted by atomic mass is 79.9. The lowest BCUT2D eigenvalue weighted by molar-refractivity contribution is 0.502. The molecule has 6 heteroatoms. The highest BCUT2D eigenvalue weighted by Gasteiger charge is 2.15. The van der Waals surface area contributed by atoms with Crippen molar-refractivity contribution < 1.29 is 8.78 Å². The van der Waals surface area contributed by atoms with Gasteiger partial charge in [-0.1, -0.05) is 33.6 Å². The molecule has 106 valence electrons. The number of nitrogens with one attached hydrogen (secondary N) is 1. The number of hydrazine groups is 1. The van der Waals surface area contributed by atoms with Gasteiger partial charge in [-0.2, -0.15) is 0 Å². The third-order valence-corrected chi connectivity index (χ3v) is 3.80. The van der Waals surface area contributed by atoms with E-state index in [1.807, 2.05) is 12.1 Å². The van der Waals surface area contributed by atoms with Crippen LogP contribution in [0.3, 0.4) is 0 Å².